The van der Waals surface area contributed by atoms with Crippen molar-refractivity contribution < 1.29 is 9.84 Å². The molecule has 1 atom stereocenters. The van der Waals surface area contributed by atoms with Gasteiger partial charge in [0, 0.05) is 26.2 Å². The van der Waals surface area contributed by atoms with Gasteiger partial charge in [-0.2, -0.15) is 0 Å². The van der Waals surface area contributed by atoms with Crippen LogP contribution in [0.2, 0.25) is 0 Å². The van der Waals surface area contributed by atoms with Crippen LogP contribution in [0.5, 0.6) is 0 Å². The molecule has 4 N–H and O–H groups in total. The first kappa shape index (κ1) is 13.1. The normalized spacial score (nSPS) is 12.7. The summed E-state index contributed by atoms with van der Waals surface area (Å²) in [5, 5.41) is 12.0. The number of aliphatic hydroxyl groups excluding tert-OH is 1. The van der Waals surface area contributed by atoms with Crippen LogP contribution in [0.4, 0.5) is 0 Å². The van der Waals surface area contributed by atoms with Crippen molar-refractivity contribution >= 4 is 0 Å². The molecule has 0 bridgehead atoms. The largest absolute Gasteiger partial charge is 0.395 e. The smallest absolute Gasteiger partial charge is 0.0713 e. The molecule has 0 aromatic heterocycles. The fraction of sp³-hybridized carbons (Fsp3) is 0.500. The lowest BCUT2D eigenvalue weighted by Crippen LogP contribution is -2.30. The van der Waals surface area contributed by atoms with Gasteiger partial charge in [-0.3, -0.25) is 0 Å². The zero-order chi connectivity index (χ0) is 11.8. The van der Waals surface area contributed by atoms with E-state index in [1.165, 1.54) is 0 Å². The van der Waals surface area contributed by atoms with Crippen molar-refractivity contribution in [2.45, 2.75) is 12.6 Å². The van der Waals surface area contributed by atoms with Crippen molar-refractivity contribution in [2.24, 2.45) is 5.73 Å². The van der Waals surface area contributed by atoms with Gasteiger partial charge in [-0.15, -0.1) is 0 Å². The average Bonchev–Trinajstić information content (AvgIpc) is 2.31. The molecule has 16 heavy (non-hydrogen) atoms. The number of ether oxygens (including phenoxy) is 1. The van der Waals surface area contributed by atoms with E-state index in [0.29, 0.717) is 19.7 Å². The van der Waals surface area contributed by atoms with E-state index in [2.05, 4.69) is 11.4 Å². The Balaban J connectivity index is 2.71. The van der Waals surface area contributed by atoms with E-state index in [1.54, 1.807) is 7.11 Å². The Labute approximate surface area is 96.4 Å². The Bertz CT molecular complexity index is 305. The van der Waals surface area contributed by atoms with Crippen LogP contribution < -0.4 is 11.1 Å². The zero-order valence-electron chi connectivity index (χ0n) is 9.65. The van der Waals surface area contributed by atoms with E-state index < -0.39 is 0 Å². The van der Waals surface area contributed by atoms with Gasteiger partial charge in [0.15, 0.2) is 0 Å². The molecule has 4 heteroatoms. The monoisotopic (exact) mass is 224 g/mol. The van der Waals surface area contributed by atoms with E-state index in [1.807, 2.05) is 18.2 Å². The van der Waals surface area contributed by atoms with Gasteiger partial charge >= 0.3 is 0 Å². The van der Waals surface area contributed by atoms with Crippen molar-refractivity contribution in [1.29, 1.82) is 0 Å². The van der Waals surface area contributed by atoms with E-state index in [9.17, 15) is 0 Å². The maximum Gasteiger partial charge on any atom is 0.0713 e. The highest BCUT2D eigenvalue weighted by Gasteiger charge is 2.08. The summed E-state index contributed by atoms with van der Waals surface area (Å²) in [4.78, 5) is 0. The van der Waals surface area contributed by atoms with Gasteiger partial charge in [-0.05, 0) is 11.1 Å². The highest BCUT2D eigenvalue weighted by atomic mass is 16.5. The van der Waals surface area contributed by atoms with E-state index in [0.717, 1.165) is 11.1 Å². The molecule has 90 valence electrons. The highest BCUT2D eigenvalue weighted by molar-refractivity contribution is 5.26. The highest BCUT2D eigenvalue weighted by Crippen LogP contribution is 2.14. The standard InChI is InChI=1S/C12H20N2O2/c1-16-9-10-3-2-4-11(7-10)12(8-13)14-5-6-15/h2-4,7,12,14-15H,5-6,8-9,13H2,1H3. The lowest BCUT2D eigenvalue weighted by Gasteiger charge is -2.17. The van der Waals surface area contributed by atoms with Crippen LogP contribution in [0.15, 0.2) is 24.3 Å². The summed E-state index contributed by atoms with van der Waals surface area (Å²) in [5.41, 5.74) is 7.95. The first-order valence-corrected chi connectivity index (χ1v) is 5.44. The minimum Gasteiger partial charge on any atom is -0.395 e. The molecule has 0 amide bonds. The van der Waals surface area contributed by atoms with Crippen molar-refractivity contribution in [1.82, 2.24) is 5.32 Å². The quantitative estimate of drug-likeness (QED) is 0.628. The molecule has 0 saturated carbocycles. The molecular weight excluding hydrogens is 204 g/mol. The second-order valence-electron chi connectivity index (χ2n) is 3.64. The molecule has 0 spiro atoms. The molecule has 0 fully saturated rings. The van der Waals surface area contributed by atoms with Gasteiger partial charge in [0.1, 0.15) is 0 Å². The van der Waals surface area contributed by atoms with Crippen LogP contribution in [0.25, 0.3) is 0 Å². The van der Waals surface area contributed by atoms with Gasteiger partial charge in [-0.1, -0.05) is 24.3 Å². The van der Waals surface area contributed by atoms with Gasteiger partial charge in [0.05, 0.1) is 13.2 Å². The second kappa shape index (κ2) is 7.35. The molecule has 0 heterocycles. The summed E-state index contributed by atoms with van der Waals surface area (Å²) in [7, 11) is 1.68. The molecule has 1 aromatic rings. The number of hydrogen-bond donors (Lipinski definition) is 3. The third-order valence-corrected chi connectivity index (χ3v) is 2.40. The number of benzene rings is 1. The van der Waals surface area contributed by atoms with Crippen LogP contribution in [-0.4, -0.2) is 31.9 Å². The van der Waals surface area contributed by atoms with Crippen LogP contribution in [0.1, 0.15) is 17.2 Å². The Morgan fingerprint density at radius 2 is 2.31 bits per heavy atom. The summed E-state index contributed by atoms with van der Waals surface area (Å²) in [6, 6.07) is 8.20. The SMILES string of the molecule is COCc1cccc(C(CN)NCCO)c1. The van der Waals surface area contributed by atoms with Crippen molar-refractivity contribution in [3.8, 4) is 0 Å². The molecule has 0 aliphatic rings. The van der Waals surface area contributed by atoms with Gasteiger partial charge < -0.3 is 20.9 Å². The first-order chi connectivity index (χ1) is 7.81. The Morgan fingerprint density at radius 1 is 1.50 bits per heavy atom. The third kappa shape index (κ3) is 3.90. The molecule has 4 nitrogen and oxygen atoms in total. The summed E-state index contributed by atoms with van der Waals surface area (Å²) >= 11 is 0. The Hall–Kier alpha value is -0.940. The number of nitrogens with two attached hydrogens (primary N) is 1. The van der Waals surface area contributed by atoms with Crippen molar-refractivity contribution in [3.63, 3.8) is 0 Å². The van der Waals surface area contributed by atoms with Crippen LogP contribution in [0.3, 0.4) is 0 Å². The second-order valence-corrected chi connectivity index (χ2v) is 3.64. The third-order valence-electron chi connectivity index (χ3n) is 2.40. The van der Waals surface area contributed by atoms with Crippen molar-refractivity contribution in [3.05, 3.63) is 35.4 Å². The lowest BCUT2D eigenvalue weighted by molar-refractivity contribution is 0.185. The summed E-state index contributed by atoms with van der Waals surface area (Å²) in [6.07, 6.45) is 0. The molecule has 0 aliphatic carbocycles. The molecule has 1 unspecified atom stereocenters. The molecule has 1 rings (SSSR count). The van der Waals surface area contributed by atoms with E-state index in [-0.39, 0.29) is 12.6 Å². The molecular formula is C12H20N2O2. The minimum atomic E-state index is 0.0870. The molecule has 0 radical (unpaired) electrons. The summed E-state index contributed by atoms with van der Waals surface area (Å²) < 4.78 is 5.09. The average molecular weight is 224 g/mol. The maximum atomic E-state index is 8.77. The topological polar surface area (TPSA) is 67.5 Å². The molecule has 1 aromatic carbocycles. The summed E-state index contributed by atoms with van der Waals surface area (Å²) in [5.74, 6) is 0. The van der Waals surface area contributed by atoms with Crippen LogP contribution >= 0.6 is 0 Å². The predicted octanol–water partition coefficient (Wildman–Crippen LogP) is 0.415. The lowest BCUT2D eigenvalue weighted by atomic mass is 10.0. The fourth-order valence-electron chi connectivity index (χ4n) is 1.64. The number of rotatable bonds is 7. The fourth-order valence-corrected chi connectivity index (χ4v) is 1.64. The number of hydrogen-bond acceptors (Lipinski definition) is 4. The zero-order valence-corrected chi connectivity index (χ0v) is 9.65. The summed E-state index contributed by atoms with van der Waals surface area (Å²) in [6.45, 7) is 1.78. The first-order valence-electron chi connectivity index (χ1n) is 5.44. The van der Waals surface area contributed by atoms with Crippen molar-refractivity contribution in [2.75, 3.05) is 26.8 Å². The Morgan fingerprint density at radius 3 is 2.94 bits per heavy atom. The van der Waals surface area contributed by atoms with Gasteiger partial charge in [0.25, 0.3) is 0 Å². The minimum absolute atomic E-state index is 0.0870. The van der Waals surface area contributed by atoms with Gasteiger partial charge in [0.2, 0.25) is 0 Å². The van der Waals surface area contributed by atoms with E-state index >= 15 is 0 Å². The maximum absolute atomic E-state index is 8.77. The molecule has 0 aliphatic heterocycles. The number of nitrogens with one attached hydrogen (secondary N) is 1. The Kier molecular flexibility index (Phi) is 6.03. The predicted molar refractivity (Wildman–Crippen MR) is 64.0 cm³/mol. The number of methoxy groups -OCH3 is 1. The van der Waals surface area contributed by atoms with Crippen LogP contribution in [-0.2, 0) is 11.3 Å². The number of aliphatic hydroxyl groups is 1. The van der Waals surface area contributed by atoms with Crippen LogP contribution in [0, 0.1) is 0 Å². The van der Waals surface area contributed by atoms with Gasteiger partial charge in [-0.25, -0.2) is 0 Å². The molecule has 0 saturated heterocycles. The van der Waals surface area contributed by atoms with E-state index in [4.69, 9.17) is 15.6 Å².